The molecular formula is C5H7Cl3O2. The summed E-state index contributed by atoms with van der Waals surface area (Å²) in [7, 11) is 0. The fourth-order valence-electron chi connectivity index (χ4n) is 0.677. The van der Waals surface area contributed by atoms with Gasteiger partial charge in [-0.2, -0.15) is 0 Å². The maximum Gasteiger partial charge on any atom is 0.240 e. The summed E-state index contributed by atoms with van der Waals surface area (Å²) in [6, 6.07) is 0. The van der Waals surface area contributed by atoms with Crippen molar-refractivity contribution in [2.24, 2.45) is 0 Å². The Balaban J connectivity index is 2.39. The molecule has 0 aromatic rings. The van der Waals surface area contributed by atoms with E-state index in [1.54, 1.807) is 0 Å². The van der Waals surface area contributed by atoms with E-state index in [4.69, 9.17) is 44.3 Å². The predicted molar refractivity (Wildman–Crippen MR) is 40.6 cm³/mol. The van der Waals surface area contributed by atoms with Crippen LogP contribution in [0.2, 0.25) is 0 Å². The van der Waals surface area contributed by atoms with E-state index in [1.165, 1.54) is 0 Å². The van der Waals surface area contributed by atoms with Crippen molar-refractivity contribution in [1.29, 1.82) is 0 Å². The average molecular weight is 205 g/mol. The maximum absolute atomic E-state index is 5.49. The van der Waals surface area contributed by atoms with Gasteiger partial charge < -0.3 is 9.47 Å². The van der Waals surface area contributed by atoms with E-state index >= 15 is 0 Å². The van der Waals surface area contributed by atoms with Crippen LogP contribution in [-0.4, -0.2) is 23.3 Å². The molecule has 0 aromatic heterocycles. The van der Waals surface area contributed by atoms with Gasteiger partial charge in [-0.05, 0) is 6.42 Å². The zero-order valence-corrected chi connectivity index (χ0v) is 7.42. The quantitative estimate of drug-likeness (QED) is 0.564. The molecule has 0 atom stereocenters. The first-order valence-corrected chi connectivity index (χ1v) is 4.04. The highest BCUT2D eigenvalue weighted by atomic mass is 35.6. The summed E-state index contributed by atoms with van der Waals surface area (Å²) in [5, 5.41) is 0. The van der Waals surface area contributed by atoms with Crippen molar-refractivity contribution in [2.45, 2.75) is 16.5 Å². The Bertz CT molecular complexity index is 106. The largest absolute Gasteiger partial charge is 0.348 e. The van der Waals surface area contributed by atoms with E-state index in [0.717, 1.165) is 6.42 Å². The van der Waals surface area contributed by atoms with Crippen molar-refractivity contribution in [3.05, 3.63) is 0 Å². The van der Waals surface area contributed by atoms with Crippen LogP contribution in [0.4, 0.5) is 0 Å². The van der Waals surface area contributed by atoms with Crippen molar-refractivity contribution in [3.63, 3.8) is 0 Å². The summed E-state index contributed by atoms with van der Waals surface area (Å²) in [6.07, 6.45) is 0.156. The van der Waals surface area contributed by atoms with Crippen molar-refractivity contribution < 1.29 is 9.47 Å². The van der Waals surface area contributed by atoms with Crippen LogP contribution in [0.15, 0.2) is 0 Å². The Labute approximate surface area is 74.3 Å². The molecule has 0 spiro atoms. The van der Waals surface area contributed by atoms with Crippen molar-refractivity contribution in [3.8, 4) is 0 Å². The third-order valence-corrected chi connectivity index (χ3v) is 1.63. The second-order valence-electron chi connectivity index (χ2n) is 1.97. The third-order valence-electron chi connectivity index (χ3n) is 1.09. The molecule has 0 unspecified atom stereocenters. The van der Waals surface area contributed by atoms with Gasteiger partial charge in [0.15, 0.2) is 0 Å². The summed E-state index contributed by atoms with van der Waals surface area (Å²) in [4.78, 5) is 0. The highest BCUT2D eigenvalue weighted by Crippen LogP contribution is 2.34. The van der Waals surface area contributed by atoms with Gasteiger partial charge in [-0.1, -0.05) is 34.8 Å². The van der Waals surface area contributed by atoms with Crippen LogP contribution < -0.4 is 0 Å². The first-order valence-electron chi connectivity index (χ1n) is 2.90. The van der Waals surface area contributed by atoms with Gasteiger partial charge in [0.1, 0.15) is 0 Å². The SMILES string of the molecule is ClC(Cl)(Cl)C1OCCCO1. The van der Waals surface area contributed by atoms with E-state index in [0.29, 0.717) is 13.2 Å². The molecular weight excluding hydrogens is 198 g/mol. The number of hydrogen-bond acceptors (Lipinski definition) is 2. The highest BCUT2D eigenvalue weighted by molar-refractivity contribution is 6.67. The summed E-state index contributed by atoms with van der Waals surface area (Å²) >= 11 is 16.5. The first-order chi connectivity index (χ1) is 4.61. The summed E-state index contributed by atoms with van der Waals surface area (Å²) in [5.41, 5.74) is 0. The molecule has 0 aliphatic carbocycles. The molecule has 0 amide bonds. The van der Waals surface area contributed by atoms with Crippen LogP contribution in [0.1, 0.15) is 6.42 Å². The fraction of sp³-hybridized carbons (Fsp3) is 1.00. The standard InChI is InChI=1S/C5H7Cl3O2/c6-5(7,8)4-9-2-1-3-10-4/h4H,1-3H2. The minimum Gasteiger partial charge on any atom is -0.348 e. The van der Waals surface area contributed by atoms with E-state index in [-0.39, 0.29) is 0 Å². The molecule has 1 aliphatic heterocycles. The highest BCUT2D eigenvalue weighted by Gasteiger charge is 2.35. The van der Waals surface area contributed by atoms with E-state index in [9.17, 15) is 0 Å². The maximum atomic E-state index is 5.49. The lowest BCUT2D eigenvalue weighted by Crippen LogP contribution is -2.35. The molecule has 0 saturated carbocycles. The predicted octanol–water partition coefficient (Wildman–Crippen LogP) is 2.12. The number of halogens is 3. The number of hydrogen-bond donors (Lipinski definition) is 0. The van der Waals surface area contributed by atoms with Gasteiger partial charge in [-0.3, -0.25) is 0 Å². The molecule has 60 valence electrons. The minimum atomic E-state index is -1.46. The first kappa shape index (κ1) is 8.88. The van der Waals surface area contributed by atoms with Gasteiger partial charge in [-0.15, -0.1) is 0 Å². The zero-order valence-electron chi connectivity index (χ0n) is 5.15. The van der Waals surface area contributed by atoms with E-state index < -0.39 is 10.1 Å². The zero-order chi connectivity index (χ0) is 7.61. The Kier molecular flexibility index (Phi) is 3.07. The van der Waals surface area contributed by atoms with Gasteiger partial charge in [-0.25, -0.2) is 0 Å². The molecule has 0 bridgehead atoms. The van der Waals surface area contributed by atoms with Gasteiger partial charge in [0.05, 0.1) is 13.2 Å². The summed E-state index contributed by atoms with van der Waals surface area (Å²) in [5.74, 6) is 0. The molecule has 5 heteroatoms. The summed E-state index contributed by atoms with van der Waals surface area (Å²) in [6.45, 7) is 1.19. The van der Waals surface area contributed by atoms with Crippen molar-refractivity contribution in [1.82, 2.24) is 0 Å². The van der Waals surface area contributed by atoms with Crippen molar-refractivity contribution >= 4 is 34.8 Å². The number of ether oxygens (including phenoxy) is 2. The van der Waals surface area contributed by atoms with Crippen LogP contribution in [0.3, 0.4) is 0 Å². The van der Waals surface area contributed by atoms with Crippen LogP contribution in [-0.2, 0) is 9.47 Å². The topological polar surface area (TPSA) is 18.5 Å². The van der Waals surface area contributed by atoms with E-state index in [1.807, 2.05) is 0 Å². The lowest BCUT2D eigenvalue weighted by molar-refractivity contribution is -0.175. The molecule has 1 saturated heterocycles. The minimum absolute atomic E-state index is 0.596. The molecule has 10 heavy (non-hydrogen) atoms. The smallest absolute Gasteiger partial charge is 0.240 e. The Morgan fingerprint density at radius 3 is 1.90 bits per heavy atom. The van der Waals surface area contributed by atoms with Gasteiger partial charge in [0.2, 0.25) is 10.1 Å². The van der Waals surface area contributed by atoms with Gasteiger partial charge >= 0.3 is 0 Å². The number of alkyl halides is 3. The lowest BCUT2D eigenvalue weighted by atomic mass is 10.4. The van der Waals surface area contributed by atoms with E-state index in [2.05, 4.69) is 0 Å². The molecule has 1 fully saturated rings. The van der Waals surface area contributed by atoms with Gasteiger partial charge in [0.25, 0.3) is 0 Å². The third kappa shape index (κ3) is 2.44. The Morgan fingerprint density at radius 1 is 1.10 bits per heavy atom. The Morgan fingerprint density at radius 2 is 1.60 bits per heavy atom. The second kappa shape index (κ2) is 3.46. The average Bonchev–Trinajstić information content (AvgIpc) is 1.88. The van der Waals surface area contributed by atoms with Gasteiger partial charge in [0, 0.05) is 0 Å². The molecule has 0 aromatic carbocycles. The molecule has 2 nitrogen and oxygen atoms in total. The van der Waals surface area contributed by atoms with Crippen LogP contribution in [0.5, 0.6) is 0 Å². The fourth-order valence-corrected chi connectivity index (χ4v) is 1.05. The second-order valence-corrected chi connectivity index (χ2v) is 4.34. The summed E-state index contributed by atoms with van der Waals surface area (Å²) < 4.78 is 8.59. The number of rotatable bonds is 0. The molecule has 1 aliphatic rings. The molecule has 1 rings (SSSR count). The molecule has 0 radical (unpaired) electrons. The molecule has 0 N–H and O–H groups in total. The normalized spacial score (nSPS) is 23.1. The van der Waals surface area contributed by atoms with Crippen LogP contribution in [0, 0.1) is 0 Å². The van der Waals surface area contributed by atoms with Crippen molar-refractivity contribution in [2.75, 3.05) is 13.2 Å². The lowest BCUT2D eigenvalue weighted by Gasteiger charge is -2.28. The molecule has 1 heterocycles. The van der Waals surface area contributed by atoms with Crippen LogP contribution >= 0.6 is 34.8 Å². The monoisotopic (exact) mass is 204 g/mol. The van der Waals surface area contributed by atoms with Crippen LogP contribution in [0.25, 0.3) is 0 Å². The Hall–Kier alpha value is 0.790.